The van der Waals surface area contributed by atoms with Crippen LogP contribution in [0.5, 0.6) is 0 Å². The predicted octanol–water partition coefficient (Wildman–Crippen LogP) is 18.7. The topological polar surface area (TPSA) is 317 Å². The molecule has 12 N–H and O–H groups in total. The van der Waals surface area contributed by atoms with E-state index in [0.717, 1.165) is 237 Å². The highest BCUT2D eigenvalue weighted by atomic mass is 15.3. The van der Waals surface area contributed by atoms with E-state index in [1.54, 1.807) is 0 Å². The van der Waals surface area contributed by atoms with Crippen LogP contribution in [-0.4, -0.2) is 127 Å². The van der Waals surface area contributed by atoms with Gasteiger partial charge in [-0.3, -0.25) is 0 Å². The number of anilines is 10. The molecule has 0 saturated carbocycles. The maximum Gasteiger partial charge on any atom is 0.206 e. The van der Waals surface area contributed by atoms with Crippen molar-refractivity contribution in [1.29, 1.82) is 0 Å². The summed E-state index contributed by atoms with van der Waals surface area (Å²) >= 11 is 0. The van der Waals surface area contributed by atoms with Crippen molar-refractivity contribution in [2.75, 3.05) is 108 Å². The lowest BCUT2D eigenvalue weighted by Gasteiger charge is -2.21. The molecule has 25 nitrogen and oxygen atoms in total. The van der Waals surface area contributed by atoms with E-state index in [2.05, 4.69) is 228 Å². The molecular formula is C89H123N25. The summed E-state index contributed by atoms with van der Waals surface area (Å²) in [5.74, 6) is 9.81. The molecule has 15 aromatic rings. The molecule has 0 unspecified atom stereocenters. The minimum atomic E-state index is 0.496. The highest BCUT2D eigenvalue weighted by Crippen LogP contribution is 2.38. The van der Waals surface area contributed by atoms with Crippen LogP contribution in [0.3, 0.4) is 0 Å². The first-order valence-electron chi connectivity index (χ1n) is 41.1. The van der Waals surface area contributed by atoms with Crippen LogP contribution >= 0.6 is 0 Å². The number of pyridine rings is 5. The molecule has 0 aliphatic heterocycles. The molecule has 10 aromatic heterocycles. The van der Waals surface area contributed by atoms with Gasteiger partial charge in [-0.25, -0.2) is 49.8 Å². The molecule has 5 aromatic carbocycles. The fourth-order valence-electron chi connectivity index (χ4n) is 14.8. The largest absolute Gasteiger partial charge is 0.382 e. The first kappa shape index (κ1) is 83.4. The van der Waals surface area contributed by atoms with Gasteiger partial charge in [0.25, 0.3) is 0 Å². The number of unbranched alkanes of at least 4 members (excludes halogenated alkanes) is 2. The van der Waals surface area contributed by atoms with Gasteiger partial charge in [-0.1, -0.05) is 201 Å². The molecule has 0 aliphatic rings. The zero-order valence-electron chi connectivity index (χ0n) is 70.7. The zero-order chi connectivity index (χ0) is 81.8. The molecule has 0 spiro atoms. The van der Waals surface area contributed by atoms with Crippen LogP contribution in [0.2, 0.25) is 0 Å². The van der Waals surface area contributed by atoms with Crippen molar-refractivity contribution in [3.05, 3.63) is 121 Å². The number of para-hydroxylation sites is 5. The zero-order valence-corrected chi connectivity index (χ0v) is 70.7. The summed E-state index contributed by atoms with van der Waals surface area (Å²) in [6.45, 7) is 42.2. The summed E-state index contributed by atoms with van der Waals surface area (Å²) in [7, 11) is 6.26. The van der Waals surface area contributed by atoms with Gasteiger partial charge < -0.3 is 76.8 Å². The van der Waals surface area contributed by atoms with Crippen LogP contribution < -0.4 is 54.0 Å². The van der Waals surface area contributed by atoms with E-state index in [9.17, 15) is 0 Å². The number of hydrogen-bond acceptors (Lipinski definition) is 20. The molecule has 0 saturated heterocycles. The van der Waals surface area contributed by atoms with Crippen molar-refractivity contribution in [3.63, 3.8) is 0 Å². The van der Waals surface area contributed by atoms with Crippen LogP contribution in [0.4, 0.5) is 58.8 Å². The Labute approximate surface area is 671 Å². The van der Waals surface area contributed by atoms with Gasteiger partial charge in [0.1, 0.15) is 27.6 Å². The lowest BCUT2D eigenvalue weighted by molar-refractivity contribution is 0.530. The Bertz CT molecular complexity index is 5760. The molecular weight excluding hydrogens is 1420 g/mol. The molecule has 604 valence electrons. The van der Waals surface area contributed by atoms with E-state index in [1.807, 2.05) is 91.0 Å². The first-order valence-corrected chi connectivity index (χ1v) is 41.1. The second kappa shape index (κ2) is 37.4. The third-order valence-corrected chi connectivity index (χ3v) is 20.0. The third-order valence-electron chi connectivity index (χ3n) is 20.0. The SMILES string of the molecule is CCCCN(C)c1nc2c(N)nc3ccccc3c2n1CC(C)C.CCCCNc1nc2c(N)nc3ccccc3c2n1CC(C)C.CCCN(C)c1nc2c(N)nc3ccccc3c2n1CC(C)C.CCCNc1nc2c(N)nc3ccccc3c2n1CC(C)C.CCN(C)c1nc2c(N)nc3ccccc3c2n1CC(C)C. The number of nitrogens with zero attached hydrogens (tertiary/aromatic N) is 18. The van der Waals surface area contributed by atoms with Crippen molar-refractivity contribution in [1.82, 2.24) is 72.7 Å². The predicted molar refractivity (Wildman–Crippen MR) is 484 cm³/mol. The third kappa shape index (κ3) is 18.2. The van der Waals surface area contributed by atoms with E-state index in [4.69, 9.17) is 53.6 Å². The van der Waals surface area contributed by atoms with Gasteiger partial charge in [-0.15, -0.1) is 0 Å². The summed E-state index contributed by atoms with van der Waals surface area (Å²) < 4.78 is 11.4. The van der Waals surface area contributed by atoms with Gasteiger partial charge in [-0.2, -0.15) is 0 Å². The Hall–Kier alpha value is -11.5. The maximum absolute atomic E-state index is 6.23. The molecule has 0 amide bonds. The summed E-state index contributed by atoms with van der Waals surface area (Å²) in [5.41, 5.74) is 45.0. The Morgan fingerprint density at radius 1 is 0.298 bits per heavy atom. The fourth-order valence-corrected chi connectivity index (χ4v) is 14.8. The van der Waals surface area contributed by atoms with Gasteiger partial charge >= 0.3 is 0 Å². The molecule has 0 bridgehead atoms. The van der Waals surface area contributed by atoms with Crippen molar-refractivity contribution >= 4 is 169 Å². The maximum atomic E-state index is 6.23. The van der Waals surface area contributed by atoms with Crippen molar-refractivity contribution < 1.29 is 0 Å². The van der Waals surface area contributed by atoms with Gasteiger partial charge in [0.15, 0.2) is 29.1 Å². The highest BCUT2D eigenvalue weighted by Gasteiger charge is 2.26. The Morgan fingerprint density at radius 3 is 0.842 bits per heavy atom. The van der Waals surface area contributed by atoms with E-state index in [-0.39, 0.29) is 0 Å². The van der Waals surface area contributed by atoms with Crippen LogP contribution in [-0.2, 0) is 32.7 Å². The average Bonchev–Trinajstić information content (AvgIpc) is 1.63. The smallest absolute Gasteiger partial charge is 0.206 e. The number of aromatic nitrogens is 15. The number of rotatable bonds is 26. The van der Waals surface area contributed by atoms with Crippen LogP contribution in [0.1, 0.15) is 142 Å². The van der Waals surface area contributed by atoms with Gasteiger partial charge in [-0.05, 0) is 92.5 Å². The quantitative estimate of drug-likeness (QED) is 0.0248. The number of nitrogen functional groups attached to an aromatic ring is 5. The molecule has 10 heterocycles. The van der Waals surface area contributed by atoms with Gasteiger partial charge in [0, 0.05) is 114 Å². The number of imidazole rings is 5. The molecule has 0 atom stereocenters. The summed E-state index contributed by atoms with van der Waals surface area (Å²) in [6, 6.07) is 40.7. The molecule has 114 heavy (non-hydrogen) atoms. The number of benzene rings is 5. The monoisotopic (exact) mass is 1540 g/mol. The van der Waals surface area contributed by atoms with Crippen molar-refractivity contribution in [2.24, 2.45) is 29.6 Å². The highest BCUT2D eigenvalue weighted by molar-refractivity contribution is 6.11. The number of hydrogen-bond donors (Lipinski definition) is 7. The fraction of sp³-hybridized carbons (Fsp3) is 0.438. The molecule has 0 fully saturated rings. The summed E-state index contributed by atoms with van der Waals surface area (Å²) in [6.07, 6.45) is 6.73. The summed E-state index contributed by atoms with van der Waals surface area (Å²) in [4.78, 5) is 53.1. The average molecular weight is 1540 g/mol. The van der Waals surface area contributed by atoms with Crippen molar-refractivity contribution in [2.45, 2.75) is 175 Å². The second-order valence-electron chi connectivity index (χ2n) is 32.1. The molecule has 0 aliphatic carbocycles. The van der Waals surface area contributed by atoms with Gasteiger partial charge in [0.05, 0.1) is 55.2 Å². The van der Waals surface area contributed by atoms with Crippen LogP contribution in [0.25, 0.3) is 110 Å². The van der Waals surface area contributed by atoms with E-state index >= 15 is 0 Å². The number of nitrogens with two attached hydrogens (primary N) is 5. The van der Waals surface area contributed by atoms with E-state index in [0.29, 0.717) is 58.7 Å². The molecule has 0 radical (unpaired) electrons. The minimum Gasteiger partial charge on any atom is -0.382 e. The number of fused-ring (bicyclic) bond motifs is 15. The van der Waals surface area contributed by atoms with Crippen molar-refractivity contribution in [3.8, 4) is 0 Å². The van der Waals surface area contributed by atoms with E-state index < -0.39 is 0 Å². The Morgan fingerprint density at radius 2 is 0.561 bits per heavy atom. The molecule has 25 heteroatoms. The summed E-state index contributed by atoms with van der Waals surface area (Å²) in [5, 5.41) is 12.4. The first-order chi connectivity index (χ1) is 54.8. The normalized spacial score (nSPS) is 11.7. The van der Waals surface area contributed by atoms with Crippen LogP contribution in [0.15, 0.2) is 121 Å². The number of nitrogens with one attached hydrogen (secondary N) is 2. The standard InChI is InChI=1S/C19H27N5.2C18H25N5.2C17H23N5/c1-5-6-11-23(4)19-22-16-17(24(19)12-13(2)3)14-9-7-8-10-15(14)21-18(16)20;1-5-10-22(4)18-21-15-16(23(18)11-12(2)3)13-8-6-7-9-14(13)20-17(15)19;1-4-5-10-20-18-22-15-16(23(18)11-12(2)3)13-8-6-7-9-14(13)21-17(15)19;1-5-21(4)17-20-14-15(22(17)10-11(2)3)12-8-6-7-9-13(12)19-16(14)18;1-4-9-19-17-21-14-15(22(17)10-11(2)3)12-7-5-6-8-13(12)20-16(14)18/h7-10,13H,5-6,11-12H2,1-4H3,(H2,20,21);6-9,12H,5,10-11H2,1-4H3,(H2,19,20);6-9,12H,4-5,10-11H2,1-3H3,(H2,19,21)(H,20,22);6-9,11H,5,10H2,1-4H3,(H2,18,19);5-8,11H,4,9-10H2,1-3H3,(H2,18,20)(H,19,21). The van der Waals surface area contributed by atoms with Crippen LogP contribution in [0, 0.1) is 29.6 Å². The molecule has 15 rings (SSSR count). The lowest BCUT2D eigenvalue weighted by atomic mass is 10.1. The van der Waals surface area contributed by atoms with Gasteiger partial charge in [0.2, 0.25) is 29.7 Å². The lowest BCUT2D eigenvalue weighted by Crippen LogP contribution is -2.23. The Kier molecular flexibility index (Phi) is 27.4. The second-order valence-corrected chi connectivity index (χ2v) is 32.1. The Balaban J connectivity index is 0.000000141. The van der Waals surface area contributed by atoms with E-state index in [1.165, 1.54) is 6.42 Å². The minimum absolute atomic E-state index is 0.496.